The van der Waals surface area contributed by atoms with E-state index in [1.165, 1.54) is 4.68 Å². The maximum Gasteiger partial charge on any atom is 0.356 e. The third-order valence-electron chi connectivity index (χ3n) is 3.74. The largest absolute Gasteiger partial charge is 0.476 e. The van der Waals surface area contributed by atoms with E-state index in [9.17, 15) is 14.7 Å². The van der Waals surface area contributed by atoms with Gasteiger partial charge < -0.3 is 10.8 Å². The van der Waals surface area contributed by atoms with Crippen LogP contribution in [0.25, 0.3) is 16.9 Å². The van der Waals surface area contributed by atoms with Crippen molar-refractivity contribution < 1.29 is 14.7 Å². The van der Waals surface area contributed by atoms with Gasteiger partial charge in [0.15, 0.2) is 5.69 Å². The molecule has 132 valence electrons. The summed E-state index contributed by atoms with van der Waals surface area (Å²) in [4.78, 5) is 23.2. The Hall–Kier alpha value is -2.83. The van der Waals surface area contributed by atoms with Crippen molar-refractivity contribution in [2.24, 2.45) is 5.73 Å². The Labute approximate surface area is 158 Å². The predicted molar refractivity (Wildman–Crippen MR) is 98.9 cm³/mol. The lowest BCUT2D eigenvalue weighted by atomic mass is 10.0. The van der Waals surface area contributed by atoms with Gasteiger partial charge in [-0.25, -0.2) is 9.48 Å². The highest BCUT2D eigenvalue weighted by atomic mass is 35.5. The fourth-order valence-corrected chi connectivity index (χ4v) is 3.01. The Bertz CT molecular complexity index is 997. The van der Waals surface area contributed by atoms with Crippen LogP contribution in [0.15, 0.2) is 48.5 Å². The number of benzene rings is 2. The van der Waals surface area contributed by atoms with Crippen molar-refractivity contribution in [2.75, 3.05) is 0 Å². The molecule has 0 fully saturated rings. The van der Waals surface area contributed by atoms with Gasteiger partial charge >= 0.3 is 5.97 Å². The second-order valence-corrected chi connectivity index (χ2v) is 6.34. The predicted octanol–water partition coefficient (Wildman–Crippen LogP) is 3.57. The van der Waals surface area contributed by atoms with Crippen LogP contribution in [0.4, 0.5) is 0 Å². The number of amides is 1. The van der Waals surface area contributed by atoms with Crippen LogP contribution in [0.3, 0.4) is 0 Å². The monoisotopic (exact) mass is 389 g/mol. The van der Waals surface area contributed by atoms with Crippen LogP contribution in [-0.4, -0.2) is 26.8 Å². The Morgan fingerprint density at radius 2 is 1.73 bits per heavy atom. The van der Waals surface area contributed by atoms with Gasteiger partial charge in [-0.15, -0.1) is 0 Å². The highest BCUT2D eigenvalue weighted by molar-refractivity contribution is 6.32. The highest BCUT2D eigenvalue weighted by Gasteiger charge is 2.26. The summed E-state index contributed by atoms with van der Waals surface area (Å²) >= 11 is 12.2. The number of aromatic carboxylic acids is 1. The fourth-order valence-electron chi connectivity index (χ4n) is 2.67. The summed E-state index contributed by atoms with van der Waals surface area (Å²) in [6, 6.07) is 13.6. The number of nitrogens with zero attached hydrogens (tertiary/aromatic N) is 2. The van der Waals surface area contributed by atoms with Crippen molar-refractivity contribution in [3.8, 4) is 16.9 Å². The number of carboxylic acid groups (broad SMARTS) is 1. The van der Waals surface area contributed by atoms with Gasteiger partial charge in [0.05, 0.1) is 22.8 Å². The van der Waals surface area contributed by atoms with Crippen molar-refractivity contribution in [2.45, 2.75) is 6.42 Å². The number of nitrogens with two attached hydrogens (primary N) is 1. The first-order valence-corrected chi connectivity index (χ1v) is 8.28. The molecule has 3 aromatic rings. The van der Waals surface area contributed by atoms with Gasteiger partial charge in [-0.1, -0.05) is 47.5 Å². The molecule has 0 radical (unpaired) electrons. The Balaban J connectivity index is 2.36. The van der Waals surface area contributed by atoms with Gasteiger partial charge in [-0.05, 0) is 24.3 Å². The minimum atomic E-state index is -1.26. The van der Waals surface area contributed by atoms with E-state index >= 15 is 0 Å². The summed E-state index contributed by atoms with van der Waals surface area (Å²) in [5, 5.41) is 14.6. The summed E-state index contributed by atoms with van der Waals surface area (Å²) in [5.74, 6) is -1.93. The van der Waals surface area contributed by atoms with Crippen LogP contribution in [-0.2, 0) is 11.2 Å². The summed E-state index contributed by atoms with van der Waals surface area (Å²) in [6.07, 6.45) is -0.274. The molecule has 3 rings (SSSR count). The van der Waals surface area contributed by atoms with E-state index < -0.39 is 11.9 Å². The zero-order chi connectivity index (χ0) is 18.8. The van der Waals surface area contributed by atoms with E-state index in [2.05, 4.69) is 5.10 Å². The zero-order valence-electron chi connectivity index (χ0n) is 13.3. The highest BCUT2D eigenvalue weighted by Crippen LogP contribution is 2.32. The maximum atomic E-state index is 11.7. The van der Waals surface area contributed by atoms with E-state index in [1.54, 1.807) is 48.5 Å². The normalized spacial score (nSPS) is 10.7. The molecule has 0 aliphatic carbocycles. The Kier molecular flexibility index (Phi) is 4.97. The second-order valence-electron chi connectivity index (χ2n) is 5.49. The van der Waals surface area contributed by atoms with Crippen molar-refractivity contribution in [1.29, 1.82) is 0 Å². The van der Waals surface area contributed by atoms with Gasteiger partial charge in [0, 0.05) is 16.1 Å². The summed E-state index contributed by atoms with van der Waals surface area (Å²) in [7, 11) is 0. The molecule has 1 heterocycles. The molecular formula is C18H13Cl2N3O3. The molecule has 2 aromatic carbocycles. The first-order chi connectivity index (χ1) is 12.4. The number of hydrogen-bond donors (Lipinski definition) is 2. The van der Waals surface area contributed by atoms with Crippen LogP contribution >= 0.6 is 23.2 Å². The summed E-state index contributed by atoms with van der Waals surface area (Å²) < 4.78 is 1.41. The topological polar surface area (TPSA) is 98.2 Å². The lowest BCUT2D eigenvalue weighted by Gasteiger charge is -2.11. The van der Waals surface area contributed by atoms with Crippen LogP contribution in [0.5, 0.6) is 0 Å². The lowest BCUT2D eigenvalue weighted by Crippen LogP contribution is -2.16. The molecule has 0 unspecified atom stereocenters. The minimum Gasteiger partial charge on any atom is -0.476 e. The van der Waals surface area contributed by atoms with Gasteiger partial charge in [-0.3, -0.25) is 4.79 Å². The summed E-state index contributed by atoms with van der Waals surface area (Å²) in [5.41, 5.74) is 6.82. The number of aromatic nitrogens is 2. The van der Waals surface area contributed by atoms with Crippen molar-refractivity contribution >= 4 is 35.1 Å². The van der Waals surface area contributed by atoms with Crippen LogP contribution in [0.2, 0.25) is 10.0 Å². The van der Waals surface area contributed by atoms with Crippen molar-refractivity contribution in [1.82, 2.24) is 9.78 Å². The van der Waals surface area contributed by atoms with Gasteiger partial charge in [-0.2, -0.15) is 5.10 Å². The molecule has 1 amide bonds. The molecule has 26 heavy (non-hydrogen) atoms. The zero-order valence-corrected chi connectivity index (χ0v) is 14.8. The number of rotatable bonds is 5. The first kappa shape index (κ1) is 18.0. The molecule has 3 N–H and O–H groups in total. The second kappa shape index (κ2) is 7.19. The fraction of sp³-hybridized carbons (Fsp3) is 0.0556. The van der Waals surface area contributed by atoms with Gasteiger partial charge in [0.2, 0.25) is 5.91 Å². The van der Waals surface area contributed by atoms with Gasteiger partial charge in [0.25, 0.3) is 0 Å². The quantitative estimate of drug-likeness (QED) is 0.696. The molecule has 6 nitrogen and oxygen atoms in total. The molecule has 1 aromatic heterocycles. The smallest absolute Gasteiger partial charge is 0.356 e. The van der Waals surface area contributed by atoms with Crippen molar-refractivity contribution in [3.63, 3.8) is 0 Å². The molecule has 8 heteroatoms. The van der Waals surface area contributed by atoms with Crippen molar-refractivity contribution in [3.05, 3.63) is 69.8 Å². The standard InChI is InChI=1S/C18H13Cl2N3O3/c19-11-7-5-10(6-8-11)17-12(9-15(21)24)16(18(25)26)22-23(17)14-4-2-1-3-13(14)20/h1-8H,9H2,(H2,21,24)(H,25,26). The molecule has 0 bridgehead atoms. The number of halogens is 2. The number of primary amides is 1. The third kappa shape index (κ3) is 3.42. The van der Waals surface area contributed by atoms with Crippen LogP contribution in [0.1, 0.15) is 16.1 Å². The third-order valence-corrected chi connectivity index (χ3v) is 4.31. The molecule has 0 aliphatic rings. The van der Waals surface area contributed by atoms with Crippen LogP contribution in [0, 0.1) is 0 Å². The Morgan fingerprint density at radius 3 is 2.31 bits per heavy atom. The number of hydrogen-bond acceptors (Lipinski definition) is 3. The number of carboxylic acids is 1. The summed E-state index contributed by atoms with van der Waals surface area (Å²) in [6.45, 7) is 0. The molecular weight excluding hydrogens is 377 g/mol. The average Bonchev–Trinajstić information content (AvgIpc) is 2.94. The van der Waals surface area contributed by atoms with E-state index in [4.69, 9.17) is 28.9 Å². The molecule has 0 saturated heterocycles. The number of para-hydroxylation sites is 1. The SMILES string of the molecule is NC(=O)Cc1c(C(=O)O)nn(-c2ccccc2Cl)c1-c1ccc(Cl)cc1. The first-order valence-electron chi connectivity index (χ1n) is 7.53. The van der Waals surface area contributed by atoms with Gasteiger partial charge in [0.1, 0.15) is 0 Å². The molecule has 0 saturated carbocycles. The van der Waals surface area contributed by atoms with E-state index in [-0.39, 0.29) is 17.7 Å². The molecule has 0 spiro atoms. The molecule has 0 atom stereocenters. The number of carbonyl (C=O) groups excluding carboxylic acids is 1. The number of carbonyl (C=O) groups is 2. The minimum absolute atomic E-state index is 0.215. The van der Waals surface area contributed by atoms with E-state index in [0.717, 1.165) is 0 Å². The maximum absolute atomic E-state index is 11.7. The molecule has 0 aliphatic heterocycles. The van der Waals surface area contributed by atoms with E-state index in [1.807, 2.05) is 0 Å². The van der Waals surface area contributed by atoms with Crippen LogP contribution < -0.4 is 5.73 Å². The lowest BCUT2D eigenvalue weighted by molar-refractivity contribution is -0.117. The average molecular weight is 390 g/mol. The van der Waals surface area contributed by atoms with E-state index in [0.29, 0.717) is 27.0 Å². The Morgan fingerprint density at radius 1 is 1.08 bits per heavy atom.